The van der Waals surface area contributed by atoms with Crippen LogP contribution in [0.25, 0.3) is 0 Å². The van der Waals surface area contributed by atoms with Gasteiger partial charge in [0.25, 0.3) is 0 Å². The zero-order chi connectivity index (χ0) is 18.4. The molecule has 3 rings (SSSR count). The Labute approximate surface area is 152 Å². The SMILES string of the molecule is COc1cccc(C=NC[C@@H](c2ccc(F)cc2)N2CCOCC2)c1O. The summed E-state index contributed by atoms with van der Waals surface area (Å²) in [5.41, 5.74) is 1.62. The van der Waals surface area contributed by atoms with Gasteiger partial charge in [-0.25, -0.2) is 4.39 Å². The number of morpholine rings is 1. The van der Waals surface area contributed by atoms with E-state index in [2.05, 4.69) is 9.89 Å². The molecular formula is C20H23FN2O3. The molecule has 0 amide bonds. The summed E-state index contributed by atoms with van der Waals surface area (Å²) in [5.74, 6) is 0.236. The summed E-state index contributed by atoms with van der Waals surface area (Å²) >= 11 is 0. The minimum atomic E-state index is -0.251. The van der Waals surface area contributed by atoms with E-state index in [1.807, 2.05) is 0 Å². The summed E-state index contributed by atoms with van der Waals surface area (Å²) in [4.78, 5) is 6.83. The first-order valence-electron chi connectivity index (χ1n) is 8.62. The first-order chi connectivity index (χ1) is 12.7. The molecule has 1 fully saturated rings. The molecule has 1 aliphatic heterocycles. The van der Waals surface area contributed by atoms with Gasteiger partial charge in [0.15, 0.2) is 11.5 Å². The zero-order valence-corrected chi connectivity index (χ0v) is 14.8. The molecule has 0 saturated carbocycles. The number of hydrogen-bond acceptors (Lipinski definition) is 5. The standard InChI is InChI=1S/C20H23FN2O3/c1-25-19-4-2-3-16(20(19)24)13-22-14-18(23-9-11-26-12-10-23)15-5-7-17(21)8-6-15/h2-8,13,18,24H,9-12,14H2,1H3/t18-/m0/s1. The van der Waals surface area contributed by atoms with E-state index in [0.29, 0.717) is 31.1 Å². The first kappa shape index (κ1) is 18.4. The van der Waals surface area contributed by atoms with Crippen molar-refractivity contribution >= 4 is 6.21 Å². The molecule has 0 aromatic heterocycles. The molecule has 1 atom stereocenters. The van der Waals surface area contributed by atoms with Crippen LogP contribution in [0, 0.1) is 5.82 Å². The number of nitrogens with zero attached hydrogens (tertiary/aromatic N) is 2. The van der Waals surface area contributed by atoms with Crippen molar-refractivity contribution in [2.75, 3.05) is 40.0 Å². The largest absolute Gasteiger partial charge is 0.504 e. The van der Waals surface area contributed by atoms with Gasteiger partial charge in [0.1, 0.15) is 5.82 Å². The fourth-order valence-electron chi connectivity index (χ4n) is 3.06. The number of phenols is 1. The van der Waals surface area contributed by atoms with E-state index in [1.165, 1.54) is 19.2 Å². The molecule has 5 nitrogen and oxygen atoms in total. The Morgan fingerprint density at radius 3 is 2.65 bits per heavy atom. The highest BCUT2D eigenvalue weighted by molar-refractivity contribution is 5.84. The summed E-state index contributed by atoms with van der Waals surface area (Å²) in [5, 5.41) is 10.2. The fourth-order valence-corrected chi connectivity index (χ4v) is 3.06. The van der Waals surface area contributed by atoms with E-state index in [1.54, 1.807) is 36.5 Å². The number of aliphatic imine (C=N–C) groups is 1. The maximum absolute atomic E-state index is 13.3. The molecule has 0 spiro atoms. The number of ether oxygens (including phenoxy) is 2. The smallest absolute Gasteiger partial charge is 0.166 e. The van der Waals surface area contributed by atoms with Crippen LogP contribution in [0.4, 0.5) is 4.39 Å². The van der Waals surface area contributed by atoms with Crippen molar-refractivity contribution in [3.8, 4) is 11.5 Å². The Balaban J connectivity index is 1.78. The normalized spacial score (nSPS) is 16.7. The molecule has 26 heavy (non-hydrogen) atoms. The predicted molar refractivity (Wildman–Crippen MR) is 98.7 cm³/mol. The number of benzene rings is 2. The Bertz CT molecular complexity index is 743. The van der Waals surface area contributed by atoms with Crippen molar-refractivity contribution in [3.05, 3.63) is 59.4 Å². The Hall–Kier alpha value is -2.44. The van der Waals surface area contributed by atoms with Crippen LogP contribution in [0.1, 0.15) is 17.2 Å². The lowest BCUT2D eigenvalue weighted by molar-refractivity contribution is 0.0180. The number of para-hydroxylation sites is 1. The molecule has 0 radical (unpaired) electrons. The van der Waals surface area contributed by atoms with Crippen LogP contribution in [-0.2, 0) is 4.74 Å². The Morgan fingerprint density at radius 2 is 1.96 bits per heavy atom. The lowest BCUT2D eigenvalue weighted by atomic mass is 10.0. The zero-order valence-electron chi connectivity index (χ0n) is 14.8. The second-order valence-corrected chi connectivity index (χ2v) is 6.11. The van der Waals surface area contributed by atoms with Gasteiger partial charge >= 0.3 is 0 Å². The van der Waals surface area contributed by atoms with Crippen LogP contribution in [0.2, 0.25) is 0 Å². The van der Waals surface area contributed by atoms with E-state index in [9.17, 15) is 9.50 Å². The molecule has 2 aromatic carbocycles. The van der Waals surface area contributed by atoms with E-state index < -0.39 is 0 Å². The van der Waals surface area contributed by atoms with Gasteiger partial charge in [-0.3, -0.25) is 9.89 Å². The summed E-state index contributed by atoms with van der Waals surface area (Å²) in [7, 11) is 1.51. The van der Waals surface area contributed by atoms with Gasteiger partial charge in [-0.15, -0.1) is 0 Å². The number of phenolic OH excluding ortho intramolecular Hbond substituents is 1. The van der Waals surface area contributed by atoms with E-state index in [-0.39, 0.29) is 17.6 Å². The highest BCUT2D eigenvalue weighted by Crippen LogP contribution is 2.28. The molecule has 1 N–H and O–H groups in total. The molecule has 6 heteroatoms. The van der Waals surface area contributed by atoms with Crippen LogP contribution in [0.5, 0.6) is 11.5 Å². The third-order valence-electron chi connectivity index (χ3n) is 4.50. The van der Waals surface area contributed by atoms with E-state index in [4.69, 9.17) is 9.47 Å². The second kappa shape index (κ2) is 8.78. The maximum atomic E-state index is 13.3. The van der Waals surface area contributed by atoms with Crippen LogP contribution < -0.4 is 4.74 Å². The van der Waals surface area contributed by atoms with Gasteiger partial charge in [-0.1, -0.05) is 18.2 Å². The summed E-state index contributed by atoms with van der Waals surface area (Å²) in [6.45, 7) is 3.47. The lowest BCUT2D eigenvalue weighted by Crippen LogP contribution is -2.40. The van der Waals surface area contributed by atoms with E-state index >= 15 is 0 Å². The van der Waals surface area contributed by atoms with Gasteiger partial charge < -0.3 is 14.6 Å². The van der Waals surface area contributed by atoms with Gasteiger partial charge in [0, 0.05) is 24.9 Å². The van der Waals surface area contributed by atoms with Crippen LogP contribution >= 0.6 is 0 Å². The first-order valence-corrected chi connectivity index (χ1v) is 8.62. The molecular weight excluding hydrogens is 335 g/mol. The van der Waals surface area contributed by atoms with Crippen molar-refractivity contribution in [1.82, 2.24) is 4.90 Å². The minimum Gasteiger partial charge on any atom is -0.504 e. The Morgan fingerprint density at radius 1 is 1.23 bits per heavy atom. The molecule has 0 bridgehead atoms. The summed E-state index contributed by atoms with van der Waals surface area (Å²) in [6.07, 6.45) is 1.65. The molecule has 138 valence electrons. The molecule has 1 aliphatic rings. The van der Waals surface area contributed by atoms with E-state index in [0.717, 1.165) is 18.7 Å². The summed E-state index contributed by atoms with van der Waals surface area (Å²) in [6, 6.07) is 11.9. The monoisotopic (exact) mass is 358 g/mol. The van der Waals surface area contributed by atoms with Crippen LogP contribution in [-0.4, -0.2) is 56.2 Å². The third kappa shape index (κ3) is 4.39. The quantitative estimate of drug-likeness (QED) is 0.807. The minimum absolute atomic E-state index is 0.0310. The second-order valence-electron chi connectivity index (χ2n) is 6.11. The number of methoxy groups -OCH3 is 1. The average molecular weight is 358 g/mol. The van der Waals surface area contributed by atoms with Crippen molar-refractivity contribution < 1.29 is 19.0 Å². The fraction of sp³-hybridized carbons (Fsp3) is 0.350. The molecule has 1 heterocycles. The summed E-state index contributed by atoms with van der Waals surface area (Å²) < 4.78 is 23.8. The molecule has 2 aromatic rings. The van der Waals surface area contributed by atoms with Crippen molar-refractivity contribution in [2.24, 2.45) is 4.99 Å². The highest BCUT2D eigenvalue weighted by atomic mass is 19.1. The third-order valence-corrected chi connectivity index (χ3v) is 4.50. The highest BCUT2D eigenvalue weighted by Gasteiger charge is 2.22. The van der Waals surface area contributed by atoms with Gasteiger partial charge in [-0.05, 0) is 29.8 Å². The molecule has 0 aliphatic carbocycles. The average Bonchev–Trinajstić information content (AvgIpc) is 2.68. The van der Waals surface area contributed by atoms with Gasteiger partial charge in [0.05, 0.1) is 32.9 Å². The van der Waals surface area contributed by atoms with Crippen molar-refractivity contribution in [1.29, 1.82) is 0 Å². The number of aromatic hydroxyl groups is 1. The number of halogens is 1. The maximum Gasteiger partial charge on any atom is 0.166 e. The van der Waals surface area contributed by atoms with Crippen LogP contribution in [0.3, 0.4) is 0 Å². The van der Waals surface area contributed by atoms with Crippen molar-refractivity contribution in [2.45, 2.75) is 6.04 Å². The number of hydrogen-bond donors (Lipinski definition) is 1. The number of rotatable bonds is 6. The van der Waals surface area contributed by atoms with Crippen molar-refractivity contribution in [3.63, 3.8) is 0 Å². The predicted octanol–water partition coefficient (Wildman–Crippen LogP) is 3.03. The van der Waals surface area contributed by atoms with Crippen LogP contribution in [0.15, 0.2) is 47.5 Å². The lowest BCUT2D eigenvalue weighted by Gasteiger charge is -2.34. The topological polar surface area (TPSA) is 54.3 Å². The molecule has 1 saturated heterocycles. The van der Waals surface area contributed by atoms with Gasteiger partial charge in [0.2, 0.25) is 0 Å². The molecule has 0 unspecified atom stereocenters. The van der Waals surface area contributed by atoms with Gasteiger partial charge in [-0.2, -0.15) is 0 Å². The Kier molecular flexibility index (Phi) is 6.20.